The van der Waals surface area contributed by atoms with Crippen LogP contribution in [0.25, 0.3) is 0 Å². The van der Waals surface area contributed by atoms with Gasteiger partial charge < -0.3 is 4.74 Å². The number of ketones is 1. The van der Waals surface area contributed by atoms with E-state index in [4.69, 9.17) is 4.74 Å². The smallest absolute Gasteiger partial charge is 0.165 e. The zero-order valence-electron chi connectivity index (χ0n) is 14.8. The molecular weight excluding hydrogens is 272 g/mol. The van der Waals surface area contributed by atoms with Gasteiger partial charge in [-0.3, -0.25) is 4.79 Å². The topological polar surface area (TPSA) is 26.3 Å². The van der Waals surface area contributed by atoms with Gasteiger partial charge in [-0.1, -0.05) is 43.7 Å². The summed E-state index contributed by atoms with van der Waals surface area (Å²) in [5, 5.41) is 0. The highest BCUT2D eigenvalue weighted by Crippen LogP contribution is 2.23. The molecule has 22 heavy (non-hydrogen) atoms. The van der Waals surface area contributed by atoms with E-state index < -0.39 is 0 Å². The van der Waals surface area contributed by atoms with Gasteiger partial charge >= 0.3 is 0 Å². The van der Waals surface area contributed by atoms with Crippen LogP contribution in [0.3, 0.4) is 0 Å². The van der Waals surface area contributed by atoms with E-state index in [1.54, 1.807) is 0 Å². The summed E-state index contributed by atoms with van der Waals surface area (Å²) in [5.74, 6) is 1.60. The molecule has 0 aromatic heterocycles. The highest BCUT2D eigenvalue weighted by molar-refractivity contribution is 5.97. The molecule has 0 N–H and O–H groups in total. The number of carbonyl (C=O) groups is 1. The van der Waals surface area contributed by atoms with Gasteiger partial charge in [-0.25, -0.2) is 0 Å². The van der Waals surface area contributed by atoms with Gasteiger partial charge in [0.15, 0.2) is 5.78 Å². The lowest BCUT2D eigenvalue weighted by Gasteiger charge is -2.21. The monoisotopic (exact) mass is 302 g/mol. The maximum atomic E-state index is 12.5. The summed E-state index contributed by atoms with van der Waals surface area (Å²) in [6.07, 6.45) is 4.14. The Labute approximate surface area is 135 Å². The van der Waals surface area contributed by atoms with E-state index in [9.17, 15) is 4.79 Å². The van der Waals surface area contributed by atoms with Crippen molar-refractivity contribution in [1.82, 2.24) is 0 Å². The summed E-state index contributed by atoms with van der Waals surface area (Å²) >= 11 is 0. The van der Waals surface area contributed by atoms with Crippen LogP contribution in [0.1, 0.15) is 63.4 Å². The molecule has 0 heterocycles. The van der Waals surface area contributed by atoms with Gasteiger partial charge in [0.05, 0.1) is 11.9 Å². The molecule has 0 spiro atoms. The van der Waals surface area contributed by atoms with E-state index in [0.717, 1.165) is 24.2 Å². The first-order chi connectivity index (χ1) is 10.3. The van der Waals surface area contributed by atoms with Crippen molar-refractivity contribution >= 4 is 5.78 Å². The van der Waals surface area contributed by atoms with Crippen molar-refractivity contribution < 1.29 is 9.53 Å². The predicted octanol–water partition coefficient (Wildman–Crippen LogP) is 5.56. The second kappa shape index (κ2) is 8.77. The number of allylic oxidation sites excluding steroid dienone is 2. The summed E-state index contributed by atoms with van der Waals surface area (Å²) in [5.41, 5.74) is 2.00. The summed E-state index contributed by atoms with van der Waals surface area (Å²) in [4.78, 5) is 12.5. The van der Waals surface area contributed by atoms with Crippen molar-refractivity contribution in [1.29, 1.82) is 0 Å². The Balaban J connectivity index is 2.52. The van der Waals surface area contributed by atoms with Gasteiger partial charge in [0, 0.05) is 11.5 Å². The maximum Gasteiger partial charge on any atom is 0.165 e. The van der Waals surface area contributed by atoms with Crippen molar-refractivity contribution in [2.45, 2.75) is 60.5 Å². The van der Waals surface area contributed by atoms with Crippen molar-refractivity contribution in [3.8, 4) is 0 Å². The normalized spacial score (nSPS) is 16.0. The molecule has 3 atom stereocenters. The van der Waals surface area contributed by atoms with Gasteiger partial charge in [0.1, 0.15) is 0 Å². The van der Waals surface area contributed by atoms with Crippen LogP contribution in [0.2, 0.25) is 0 Å². The third kappa shape index (κ3) is 5.67. The molecule has 0 saturated carbocycles. The molecule has 122 valence electrons. The number of aryl methyl sites for hydroxylation is 1. The van der Waals surface area contributed by atoms with Crippen molar-refractivity contribution in [3.63, 3.8) is 0 Å². The predicted molar refractivity (Wildman–Crippen MR) is 93.0 cm³/mol. The van der Waals surface area contributed by atoms with Crippen LogP contribution >= 0.6 is 0 Å². The lowest BCUT2D eigenvalue weighted by atomic mass is 9.85. The molecule has 0 amide bonds. The zero-order chi connectivity index (χ0) is 16.7. The maximum absolute atomic E-state index is 12.5. The first kappa shape index (κ1) is 18.5. The van der Waals surface area contributed by atoms with Crippen LogP contribution in [0.15, 0.2) is 36.1 Å². The van der Waals surface area contributed by atoms with Crippen LogP contribution in [-0.4, -0.2) is 11.9 Å². The molecular formula is C20H30O2. The molecule has 2 heteroatoms. The Hall–Kier alpha value is -1.57. The van der Waals surface area contributed by atoms with Crippen LogP contribution in [0, 0.1) is 18.8 Å². The molecule has 0 aliphatic heterocycles. The summed E-state index contributed by atoms with van der Waals surface area (Å²) in [6, 6.07) is 7.87. The lowest BCUT2D eigenvalue weighted by Crippen LogP contribution is -2.20. The molecule has 0 aliphatic carbocycles. The highest BCUT2D eigenvalue weighted by atomic mass is 16.5. The second-order valence-electron chi connectivity index (χ2n) is 6.40. The molecule has 0 radical (unpaired) electrons. The fraction of sp³-hybridized carbons (Fsp3) is 0.550. The SMILES string of the molecule is C/C=C(/C)OC(C)CCC(C)C(C)C(=O)c1ccc(C)cc1. The molecule has 1 rings (SSSR count). The minimum absolute atomic E-state index is 0.0396. The summed E-state index contributed by atoms with van der Waals surface area (Å²) < 4.78 is 5.76. The first-order valence-corrected chi connectivity index (χ1v) is 8.25. The van der Waals surface area contributed by atoms with E-state index in [0.29, 0.717) is 5.92 Å². The van der Waals surface area contributed by atoms with Crippen LogP contribution in [-0.2, 0) is 4.74 Å². The molecule has 1 aromatic carbocycles. The zero-order valence-corrected chi connectivity index (χ0v) is 14.8. The Morgan fingerprint density at radius 3 is 2.27 bits per heavy atom. The molecule has 3 unspecified atom stereocenters. The number of hydrogen-bond donors (Lipinski definition) is 0. The fourth-order valence-corrected chi connectivity index (χ4v) is 2.43. The van der Waals surface area contributed by atoms with Gasteiger partial charge in [-0.05, 0) is 52.5 Å². The minimum Gasteiger partial charge on any atom is -0.496 e. The number of rotatable bonds is 8. The standard InChI is InChI=1S/C20H30O2/c1-7-16(4)22-17(5)11-10-15(3)18(6)20(21)19-12-8-14(2)9-13-19/h7-9,12-13,15,17-18H,10-11H2,1-6H3/b16-7-. The van der Waals surface area contributed by atoms with Crippen molar-refractivity contribution in [2.75, 3.05) is 0 Å². The van der Waals surface area contributed by atoms with E-state index in [-0.39, 0.29) is 17.8 Å². The van der Waals surface area contributed by atoms with Crippen LogP contribution in [0.4, 0.5) is 0 Å². The average Bonchev–Trinajstić information content (AvgIpc) is 2.51. The van der Waals surface area contributed by atoms with Crippen LogP contribution < -0.4 is 0 Å². The van der Waals surface area contributed by atoms with Gasteiger partial charge in [-0.2, -0.15) is 0 Å². The number of ether oxygens (including phenoxy) is 1. The van der Waals surface area contributed by atoms with Gasteiger partial charge in [0.2, 0.25) is 0 Å². The number of benzene rings is 1. The Bertz CT molecular complexity index is 499. The Morgan fingerprint density at radius 2 is 1.73 bits per heavy atom. The van der Waals surface area contributed by atoms with E-state index in [2.05, 4.69) is 13.8 Å². The number of hydrogen-bond acceptors (Lipinski definition) is 2. The molecule has 0 fully saturated rings. The Kier molecular flexibility index (Phi) is 7.37. The van der Waals surface area contributed by atoms with Crippen LogP contribution in [0.5, 0.6) is 0 Å². The quantitative estimate of drug-likeness (QED) is 0.464. The molecule has 0 aliphatic rings. The largest absolute Gasteiger partial charge is 0.496 e. The molecule has 1 aromatic rings. The van der Waals surface area contributed by atoms with E-state index >= 15 is 0 Å². The lowest BCUT2D eigenvalue weighted by molar-refractivity contribution is 0.0858. The third-order valence-corrected chi connectivity index (χ3v) is 4.43. The molecule has 2 nitrogen and oxygen atoms in total. The van der Waals surface area contributed by atoms with Gasteiger partial charge in [0.25, 0.3) is 0 Å². The average molecular weight is 302 g/mol. The van der Waals surface area contributed by atoms with Crippen molar-refractivity contribution in [3.05, 3.63) is 47.2 Å². The Morgan fingerprint density at radius 1 is 1.14 bits per heavy atom. The van der Waals surface area contributed by atoms with Crippen molar-refractivity contribution in [2.24, 2.45) is 11.8 Å². The number of carbonyl (C=O) groups excluding carboxylic acids is 1. The van der Waals surface area contributed by atoms with E-state index in [1.807, 2.05) is 58.0 Å². The second-order valence-corrected chi connectivity index (χ2v) is 6.40. The fourth-order valence-electron chi connectivity index (χ4n) is 2.43. The summed E-state index contributed by atoms with van der Waals surface area (Å²) in [7, 11) is 0. The van der Waals surface area contributed by atoms with Gasteiger partial charge in [-0.15, -0.1) is 0 Å². The first-order valence-electron chi connectivity index (χ1n) is 8.25. The van der Waals surface area contributed by atoms with E-state index in [1.165, 1.54) is 5.56 Å². The summed E-state index contributed by atoms with van der Waals surface area (Å²) in [6.45, 7) is 12.3. The molecule has 0 bridgehead atoms. The highest BCUT2D eigenvalue weighted by Gasteiger charge is 2.22. The minimum atomic E-state index is 0.0396. The third-order valence-electron chi connectivity index (χ3n) is 4.43. The molecule has 0 saturated heterocycles. The number of Topliss-reactive ketones (excluding diaryl/α,β-unsaturated/α-hetero) is 1.